The van der Waals surface area contributed by atoms with Crippen molar-refractivity contribution in [3.8, 4) is 0 Å². The van der Waals surface area contributed by atoms with E-state index < -0.39 is 0 Å². The maximum atomic E-state index is 13.2. The fraction of sp³-hybridized carbons (Fsp3) is 0.520. The smallest absolute Gasteiger partial charge is 0.275 e. The summed E-state index contributed by atoms with van der Waals surface area (Å²) in [6.45, 7) is 11.4. The minimum absolute atomic E-state index is 0.0836. The van der Waals surface area contributed by atoms with Gasteiger partial charge in [0.15, 0.2) is 0 Å². The highest BCUT2D eigenvalue weighted by atomic mass is 16.2. The third kappa shape index (κ3) is 5.75. The normalized spacial score (nSPS) is 19.8. The Balaban J connectivity index is 1.39. The molecular weight excluding hydrogens is 416 g/mol. The Kier molecular flexibility index (Phi) is 7.35. The molecule has 176 valence electrons. The average molecular weight is 451 g/mol. The van der Waals surface area contributed by atoms with Crippen molar-refractivity contribution in [1.82, 2.24) is 24.7 Å². The molecule has 2 saturated heterocycles. The van der Waals surface area contributed by atoms with Crippen LogP contribution in [-0.2, 0) is 4.79 Å². The summed E-state index contributed by atoms with van der Waals surface area (Å²) in [4.78, 5) is 41.4. The van der Waals surface area contributed by atoms with Gasteiger partial charge >= 0.3 is 0 Å². The number of hydrogen-bond donors (Lipinski definition) is 1. The van der Waals surface area contributed by atoms with E-state index in [2.05, 4.69) is 38.9 Å². The van der Waals surface area contributed by atoms with Crippen LogP contribution in [0.15, 0.2) is 36.5 Å². The lowest BCUT2D eigenvalue weighted by Gasteiger charge is -2.37. The fourth-order valence-electron chi connectivity index (χ4n) is 4.58. The molecule has 2 fully saturated rings. The van der Waals surface area contributed by atoms with Crippen molar-refractivity contribution >= 4 is 17.6 Å². The van der Waals surface area contributed by atoms with Crippen LogP contribution in [0.5, 0.6) is 0 Å². The molecule has 2 aromatic heterocycles. The van der Waals surface area contributed by atoms with Crippen LogP contribution in [0.3, 0.4) is 0 Å². The number of carbonyl (C=O) groups excluding carboxylic acids is 2. The second-order valence-corrected chi connectivity index (χ2v) is 9.27. The number of nitrogens with one attached hydrogen (secondary N) is 1. The molecule has 2 aliphatic rings. The predicted octanol–water partition coefficient (Wildman–Crippen LogP) is 2.73. The summed E-state index contributed by atoms with van der Waals surface area (Å²) in [5.74, 6) is 0.344. The zero-order chi connectivity index (χ0) is 23.4. The van der Waals surface area contributed by atoms with E-state index in [-0.39, 0.29) is 17.9 Å². The van der Waals surface area contributed by atoms with Gasteiger partial charge in [-0.15, -0.1) is 0 Å². The van der Waals surface area contributed by atoms with Crippen LogP contribution in [0.25, 0.3) is 0 Å². The van der Waals surface area contributed by atoms with Crippen molar-refractivity contribution in [3.63, 3.8) is 0 Å². The van der Waals surface area contributed by atoms with Crippen LogP contribution >= 0.6 is 0 Å². The lowest BCUT2D eigenvalue weighted by atomic mass is 10.1. The van der Waals surface area contributed by atoms with E-state index in [1.165, 1.54) is 0 Å². The summed E-state index contributed by atoms with van der Waals surface area (Å²) < 4.78 is 0. The molecule has 8 nitrogen and oxygen atoms in total. The van der Waals surface area contributed by atoms with Crippen LogP contribution in [0.1, 0.15) is 54.5 Å². The summed E-state index contributed by atoms with van der Waals surface area (Å²) in [6, 6.07) is 9.59. The Morgan fingerprint density at radius 2 is 1.88 bits per heavy atom. The monoisotopic (exact) mass is 450 g/mol. The van der Waals surface area contributed by atoms with E-state index in [1.54, 1.807) is 18.3 Å². The molecule has 1 atom stereocenters. The fourth-order valence-corrected chi connectivity index (χ4v) is 4.58. The van der Waals surface area contributed by atoms with Gasteiger partial charge in [-0.1, -0.05) is 12.1 Å². The number of nitrogens with zero attached hydrogens (tertiary/aromatic N) is 5. The molecule has 2 aliphatic heterocycles. The van der Waals surface area contributed by atoms with E-state index in [4.69, 9.17) is 0 Å². The third-order valence-electron chi connectivity index (χ3n) is 6.57. The number of aryl methyl sites for hydroxylation is 1. The Bertz CT molecular complexity index is 969. The molecule has 33 heavy (non-hydrogen) atoms. The standard InChI is InChI=1S/C25H34N6O2/c1-18(2)30-14-12-29(13-15-30)17-24(32)31-11-5-8-22(31)20-6-4-7-21(27-20)25(33)28-23-10-9-19(3)16-26-23/h4,6-7,9-10,16,18,22H,5,8,11-15,17H2,1-3H3,(H,26,28,33)/t22-/m1/s1. The van der Waals surface area contributed by atoms with E-state index in [0.717, 1.165) is 56.8 Å². The van der Waals surface area contributed by atoms with Crippen LogP contribution in [0.4, 0.5) is 5.82 Å². The Morgan fingerprint density at radius 3 is 2.58 bits per heavy atom. The van der Waals surface area contributed by atoms with E-state index in [9.17, 15) is 9.59 Å². The van der Waals surface area contributed by atoms with Crippen molar-refractivity contribution in [1.29, 1.82) is 0 Å². The highest BCUT2D eigenvalue weighted by molar-refractivity contribution is 6.02. The molecule has 0 aromatic carbocycles. The Hall–Kier alpha value is -2.84. The van der Waals surface area contributed by atoms with Gasteiger partial charge < -0.3 is 10.2 Å². The first kappa shape index (κ1) is 23.3. The summed E-state index contributed by atoms with van der Waals surface area (Å²) in [5.41, 5.74) is 2.13. The number of aromatic nitrogens is 2. The lowest BCUT2D eigenvalue weighted by Crippen LogP contribution is -2.51. The molecular formula is C25H34N6O2. The summed E-state index contributed by atoms with van der Waals surface area (Å²) in [5, 5.41) is 2.80. The zero-order valence-electron chi connectivity index (χ0n) is 19.8. The number of piperazine rings is 1. The number of anilines is 1. The van der Waals surface area contributed by atoms with Gasteiger partial charge in [-0.3, -0.25) is 19.4 Å². The molecule has 0 unspecified atom stereocenters. The topological polar surface area (TPSA) is 81.7 Å². The molecule has 0 saturated carbocycles. The molecule has 4 heterocycles. The highest BCUT2D eigenvalue weighted by Crippen LogP contribution is 2.31. The molecule has 2 amide bonds. The molecule has 0 aliphatic carbocycles. The molecule has 4 rings (SSSR count). The zero-order valence-corrected chi connectivity index (χ0v) is 19.8. The first-order chi connectivity index (χ1) is 15.9. The Labute approximate surface area is 196 Å². The number of pyridine rings is 2. The summed E-state index contributed by atoms with van der Waals surface area (Å²) in [7, 11) is 0. The number of rotatable bonds is 6. The molecule has 8 heteroatoms. The quantitative estimate of drug-likeness (QED) is 0.729. The van der Waals surface area contributed by atoms with Crippen molar-refractivity contribution < 1.29 is 9.59 Å². The van der Waals surface area contributed by atoms with Crippen molar-refractivity contribution in [2.45, 2.75) is 45.7 Å². The van der Waals surface area contributed by atoms with Crippen LogP contribution in [0, 0.1) is 6.92 Å². The minimum atomic E-state index is -0.299. The van der Waals surface area contributed by atoms with Gasteiger partial charge in [0.25, 0.3) is 5.91 Å². The largest absolute Gasteiger partial charge is 0.333 e. The van der Waals surface area contributed by atoms with Gasteiger partial charge in [0.1, 0.15) is 11.5 Å². The van der Waals surface area contributed by atoms with Crippen molar-refractivity contribution in [2.24, 2.45) is 0 Å². The maximum Gasteiger partial charge on any atom is 0.275 e. The van der Waals surface area contributed by atoms with Gasteiger partial charge in [0.2, 0.25) is 5.91 Å². The van der Waals surface area contributed by atoms with Crippen LogP contribution < -0.4 is 5.32 Å². The third-order valence-corrected chi connectivity index (χ3v) is 6.57. The van der Waals surface area contributed by atoms with Crippen molar-refractivity contribution in [3.05, 3.63) is 53.5 Å². The van der Waals surface area contributed by atoms with Crippen molar-refractivity contribution in [2.75, 3.05) is 44.6 Å². The second-order valence-electron chi connectivity index (χ2n) is 9.27. The number of likely N-dealkylation sites (tertiary alicyclic amines) is 1. The summed E-state index contributed by atoms with van der Waals surface area (Å²) in [6.07, 6.45) is 3.53. The highest BCUT2D eigenvalue weighted by Gasteiger charge is 2.32. The number of carbonyl (C=O) groups is 2. The second kappa shape index (κ2) is 10.4. The first-order valence-electron chi connectivity index (χ1n) is 11.9. The van der Waals surface area contributed by atoms with E-state index in [1.807, 2.05) is 30.0 Å². The van der Waals surface area contributed by atoms with E-state index >= 15 is 0 Å². The lowest BCUT2D eigenvalue weighted by molar-refractivity contribution is -0.133. The first-order valence-corrected chi connectivity index (χ1v) is 11.9. The maximum absolute atomic E-state index is 13.2. The number of hydrogen-bond acceptors (Lipinski definition) is 6. The Morgan fingerprint density at radius 1 is 1.09 bits per heavy atom. The number of amides is 2. The van der Waals surface area contributed by atoms with Gasteiger partial charge in [0.05, 0.1) is 18.3 Å². The van der Waals surface area contributed by atoms with Crippen LogP contribution in [0.2, 0.25) is 0 Å². The SMILES string of the molecule is Cc1ccc(NC(=O)c2cccc([C@H]3CCCN3C(=O)CN3CCN(C(C)C)CC3)n2)nc1. The predicted molar refractivity (Wildman–Crippen MR) is 128 cm³/mol. The molecule has 1 N–H and O–H groups in total. The van der Waals surface area contributed by atoms with Gasteiger partial charge in [-0.05, 0) is 57.4 Å². The summed E-state index contributed by atoms with van der Waals surface area (Å²) >= 11 is 0. The molecule has 2 aromatic rings. The van der Waals surface area contributed by atoms with Gasteiger partial charge in [-0.2, -0.15) is 0 Å². The molecule has 0 bridgehead atoms. The van der Waals surface area contributed by atoms with E-state index in [0.29, 0.717) is 24.1 Å². The average Bonchev–Trinajstić information content (AvgIpc) is 3.31. The minimum Gasteiger partial charge on any atom is -0.333 e. The van der Waals surface area contributed by atoms with Gasteiger partial charge in [-0.25, -0.2) is 9.97 Å². The van der Waals surface area contributed by atoms with Crippen LogP contribution in [-0.4, -0.2) is 81.8 Å². The van der Waals surface area contributed by atoms with Gasteiger partial charge in [0, 0.05) is 45.0 Å². The molecule has 0 spiro atoms. The molecule has 0 radical (unpaired) electrons.